The molecule has 1 rings (SSSR count). The summed E-state index contributed by atoms with van der Waals surface area (Å²) in [5.74, 6) is 0.0853. The first-order chi connectivity index (χ1) is 7.06. The maximum atomic E-state index is 10.6. The number of nitro groups is 1. The van der Waals surface area contributed by atoms with Crippen molar-refractivity contribution < 1.29 is 4.92 Å². The summed E-state index contributed by atoms with van der Waals surface area (Å²) in [6, 6.07) is 1.26. The zero-order valence-electron chi connectivity index (χ0n) is 7.48. The Hall–Kier alpha value is -1.33. The summed E-state index contributed by atoms with van der Waals surface area (Å²) in [4.78, 5) is 13.6. The predicted octanol–water partition coefficient (Wildman–Crippen LogP) is 2.48. The van der Waals surface area contributed by atoms with Crippen LogP contribution >= 0.6 is 23.2 Å². The monoisotopic (exact) mass is 247 g/mol. The number of nitrogens with zero attached hydrogens (tertiary/aromatic N) is 2. The molecule has 0 saturated carbocycles. The van der Waals surface area contributed by atoms with E-state index in [9.17, 15) is 10.1 Å². The highest BCUT2D eigenvalue weighted by molar-refractivity contribution is 6.31. The van der Waals surface area contributed by atoms with Crippen LogP contribution in [0.25, 0.3) is 6.08 Å². The van der Waals surface area contributed by atoms with Crippen LogP contribution in [0.1, 0.15) is 5.56 Å². The standard InChI is InChI=1S/C8H7Cl2N3O2/c9-3-1-2-5-4-6(13(14)15)8(11)12-7(5)10/h1-2,4H,3H2,(H2,11,12). The Balaban J connectivity index is 3.23. The lowest BCUT2D eigenvalue weighted by molar-refractivity contribution is -0.384. The molecule has 0 aliphatic carbocycles. The largest absolute Gasteiger partial charge is 0.378 e. The van der Waals surface area contributed by atoms with Gasteiger partial charge < -0.3 is 5.73 Å². The number of halogens is 2. The highest BCUT2D eigenvalue weighted by atomic mass is 35.5. The smallest absolute Gasteiger partial charge is 0.311 e. The summed E-state index contributed by atoms with van der Waals surface area (Å²) in [7, 11) is 0. The Bertz CT molecular complexity index is 421. The van der Waals surface area contributed by atoms with Crippen LogP contribution in [0.15, 0.2) is 12.1 Å². The van der Waals surface area contributed by atoms with E-state index >= 15 is 0 Å². The zero-order valence-corrected chi connectivity index (χ0v) is 9.00. The molecule has 15 heavy (non-hydrogen) atoms. The van der Waals surface area contributed by atoms with Crippen LogP contribution in [0.2, 0.25) is 5.15 Å². The maximum Gasteiger partial charge on any atom is 0.311 e. The van der Waals surface area contributed by atoms with Gasteiger partial charge in [0, 0.05) is 17.5 Å². The maximum absolute atomic E-state index is 10.6. The molecule has 0 amide bonds. The molecule has 5 nitrogen and oxygen atoms in total. The summed E-state index contributed by atoms with van der Waals surface area (Å²) >= 11 is 11.2. The molecule has 0 spiro atoms. The molecule has 0 aliphatic heterocycles. The second-order valence-electron chi connectivity index (χ2n) is 2.59. The molecule has 0 bridgehead atoms. The van der Waals surface area contributed by atoms with Crippen LogP contribution in [0.4, 0.5) is 11.5 Å². The van der Waals surface area contributed by atoms with E-state index in [1.807, 2.05) is 0 Å². The van der Waals surface area contributed by atoms with Crippen molar-refractivity contribution in [3.05, 3.63) is 33.0 Å². The fourth-order valence-electron chi connectivity index (χ4n) is 0.943. The second kappa shape index (κ2) is 4.95. The first kappa shape index (κ1) is 11.7. The van der Waals surface area contributed by atoms with Crippen molar-refractivity contribution in [2.24, 2.45) is 0 Å². The highest BCUT2D eigenvalue weighted by Crippen LogP contribution is 2.26. The zero-order chi connectivity index (χ0) is 11.4. The molecule has 1 aromatic heterocycles. The molecule has 0 saturated heterocycles. The van der Waals surface area contributed by atoms with Crippen LogP contribution in [-0.4, -0.2) is 15.8 Å². The average molecular weight is 248 g/mol. The van der Waals surface area contributed by atoms with Gasteiger partial charge in [0.1, 0.15) is 5.15 Å². The van der Waals surface area contributed by atoms with Crippen molar-refractivity contribution in [1.29, 1.82) is 0 Å². The van der Waals surface area contributed by atoms with Crippen molar-refractivity contribution in [2.45, 2.75) is 0 Å². The van der Waals surface area contributed by atoms with E-state index in [1.54, 1.807) is 12.2 Å². The third-order valence-electron chi connectivity index (χ3n) is 1.59. The number of nitrogen functional groups attached to an aromatic ring is 1. The summed E-state index contributed by atoms with van der Waals surface area (Å²) < 4.78 is 0. The molecule has 2 N–H and O–H groups in total. The minimum atomic E-state index is -0.614. The Morgan fingerprint density at radius 2 is 2.33 bits per heavy atom. The van der Waals surface area contributed by atoms with E-state index in [-0.39, 0.29) is 22.5 Å². The van der Waals surface area contributed by atoms with Gasteiger partial charge in [0.05, 0.1) is 4.92 Å². The van der Waals surface area contributed by atoms with Gasteiger partial charge in [-0.05, 0) is 0 Å². The third-order valence-corrected chi connectivity index (χ3v) is 2.08. The van der Waals surface area contributed by atoms with E-state index in [4.69, 9.17) is 28.9 Å². The van der Waals surface area contributed by atoms with Crippen molar-refractivity contribution in [3.8, 4) is 0 Å². The van der Waals surface area contributed by atoms with Crippen molar-refractivity contribution in [3.63, 3.8) is 0 Å². The normalized spacial score (nSPS) is 10.8. The second-order valence-corrected chi connectivity index (χ2v) is 3.25. The molecule has 0 radical (unpaired) electrons. The van der Waals surface area contributed by atoms with E-state index in [2.05, 4.69) is 4.98 Å². The number of hydrogen-bond donors (Lipinski definition) is 1. The SMILES string of the molecule is Nc1nc(Cl)c(C=CCCl)cc1[N+](=O)[O-]. The molecule has 0 aromatic carbocycles. The van der Waals surface area contributed by atoms with Gasteiger partial charge in [0.15, 0.2) is 0 Å². The lowest BCUT2D eigenvalue weighted by atomic mass is 10.2. The van der Waals surface area contributed by atoms with Gasteiger partial charge in [0.2, 0.25) is 5.82 Å². The van der Waals surface area contributed by atoms with Crippen molar-refractivity contribution in [2.75, 3.05) is 11.6 Å². The Morgan fingerprint density at radius 3 is 2.87 bits per heavy atom. The predicted molar refractivity (Wildman–Crippen MR) is 60.1 cm³/mol. The number of nitrogens with two attached hydrogens (primary N) is 1. The van der Waals surface area contributed by atoms with Gasteiger partial charge in [0.25, 0.3) is 0 Å². The van der Waals surface area contributed by atoms with Gasteiger partial charge in [-0.1, -0.05) is 23.8 Å². The lowest BCUT2D eigenvalue weighted by Gasteiger charge is -2.00. The number of aromatic nitrogens is 1. The molecule has 7 heteroatoms. The molecule has 80 valence electrons. The number of hydrogen-bond acceptors (Lipinski definition) is 4. The molecule has 0 atom stereocenters. The molecule has 0 aliphatic rings. The average Bonchev–Trinajstić information content (AvgIpc) is 2.16. The minimum absolute atomic E-state index is 0.111. The van der Waals surface area contributed by atoms with E-state index < -0.39 is 4.92 Å². The van der Waals surface area contributed by atoms with Crippen LogP contribution < -0.4 is 5.73 Å². The van der Waals surface area contributed by atoms with Gasteiger partial charge in [-0.15, -0.1) is 11.6 Å². The summed E-state index contributed by atoms with van der Waals surface area (Å²) in [5.41, 5.74) is 5.48. The number of allylic oxidation sites excluding steroid dienone is 1. The Kier molecular flexibility index (Phi) is 3.88. The van der Waals surface area contributed by atoms with E-state index in [1.165, 1.54) is 6.07 Å². The highest BCUT2D eigenvalue weighted by Gasteiger charge is 2.15. The molecule has 1 heterocycles. The first-order valence-electron chi connectivity index (χ1n) is 3.89. The molecule has 0 fully saturated rings. The van der Waals surface area contributed by atoms with Gasteiger partial charge in [-0.2, -0.15) is 0 Å². The number of anilines is 1. The van der Waals surface area contributed by atoms with Crippen LogP contribution in [-0.2, 0) is 0 Å². The molecular formula is C8H7Cl2N3O2. The number of alkyl halides is 1. The number of pyridine rings is 1. The van der Waals surface area contributed by atoms with E-state index in [0.717, 1.165) is 0 Å². The number of rotatable bonds is 3. The van der Waals surface area contributed by atoms with Gasteiger partial charge in [-0.3, -0.25) is 10.1 Å². The summed E-state index contributed by atoms with van der Waals surface area (Å²) in [5, 5.41) is 10.7. The molecule has 0 unspecified atom stereocenters. The van der Waals surface area contributed by atoms with Crippen molar-refractivity contribution in [1.82, 2.24) is 4.98 Å². The van der Waals surface area contributed by atoms with Crippen LogP contribution in [0.5, 0.6) is 0 Å². The van der Waals surface area contributed by atoms with Crippen LogP contribution in [0.3, 0.4) is 0 Å². The van der Waals surface area contributed by atoms with Gasteiger partial charge >= 0.3 is 5.69 Å². The fourth-order valence-corrected chi connectivity index (χ4v) is 1.24. The summed E-state index contributed by atoms with van der Waals surface area (Å²) in [6.45, 7) is 0. The Morgan fingerprint density at radius 1 is 1.67 bits per heavy atom. The Labute approximate surface area is 95.7 Å². The van der Waals surface area contributed by atoms with E-state index in [0.29, 0.717) is 5.56 Å². The minimum Gasteiger partial charge on any atom is -0.378 e. The van der Waals surface area contributed by atoms with Crippen LogP contribution in [0, 0.1) is 10.1 Å². The molecular weight excluding hydrogens is 241 g/mol. The molecule has 1 aromatic rings. The first-order valence-corrected chi connectivity index (χ1v) is 4.80. The lowest BCUT2D eigenvalue weighted by Crippen LogP contribution is -1.99. The topological polar surface area (TPSA) is 82.0 Å². The summed E-state index contributed by atoms with van der Waals surface area (Å²) in [6.07, 6.45) is 3.15. The third kappa shape index (κ3) is 2.81. The van der Waals surface area contributed by atoms with Crippen molar-refractivity contribution >= 4 is 40.8 Å². The fraction of sp³-hybridized carbons (Fsp3) is 0.125. The van der Waals surface area contributed by atoms with Gasteiger partial charge in [-0.25, -0.2) is 4.98 Å². The quantitative estimate of drug-likeness (QED) is 0.385.